The van der Waals surface area contributed by atoms with E-state index in [0.717, 1.165) is 19.6 Å². The Balaban J connectivity index is 1.51. The second kappa shape index (κ2) is 20.4. The van der Waals surface area contributed by atoms with Crippen LogP contribution in [0.1, 0.15) is 12.8 Å². The lowest BCUT2D eigenvalue weighted by Crippen LogP contribution is -2.60. The van der Waals surface area contributed by atoms with Gasteiger partial charge >= 0.3 is 11.9 Å². The van der Waals surface area contributed by atoms with Crippen molar-refractivity contribution in [3.63, 3.8) is 0 Å². The summed E-state index contributed by atoms with van der Waals surface area (Å²) in [5.74, 6) is -4.91. The molecule has 4 aliphatic rings. The Kier molecular flexibility index (Phi) is 16.6. The van der Waals surface area contributed by atoms with Gasteiger partial charge in [-0.25, -0.2) is 9.59 Å². The third-order valence-corrected chi connectivity index (χ3v) is 10.1. The number of esters is 2. The smallest absolute Gasteiger partial charge is 0.337 e. The molecule has 4 heterocycles. The standard InChI is InChI=1S/C35H52O20/c1-6-15-17(19(30(44)48-5)13-50-32(15)54-34-28(42)26(40)24(38)21(11-36)52-34)8-9-49-31(45)20-14-51-33(16(7-2)18(20)10-23(46-3)47-4)55-35-29(43)27(41)25(39)22(12-37)53-35/h6-7,13-18,21-29,32-43H,1-2,8-12H2,3-5H3. The van der Waals surface area contributed by atoms with Crippen LogP contribution in [0, 0.1) is 23.7 Å². The Morgan fingerprint density at radius 3 is 1.56 bits per heavy atom. The molecule has 2 saturated heterocycles. The van der Waals surface area contributed by atoms with E-state index >= 15 is 0 Å². The molecule has 2 fully saturated rings. The number of rotatable bonds is 17. The van der Waals surface area contributed by atoms with Gasteiger partial charge in [0.05, 0.1) is 50.6 Å². The minimum Gasteiger partial charge on any atom is -0.471 e. The van der Waals surface area contributed by atoms with Crippen LogP contribution >= 0.6 is 0 Å². The van der Waals surface area contributed by atoms with Crippen molar-refractivity contribution in [1.82, 2.24) is 0 Å². The lowest BCUT2D eigenvalue weighted by Gasteiger charge is -2.43. The van der Waals surface area contributed by atoms with Crippen molar-refractivity contribution in [1.29, 1.82) is 0 Å². The average Bonchev–Trinajstić information content (AvgIpc) is 3.19. The van der Waals surface area contributed by atoms with Crippen LogP contribution in [0.4, 0.5) is 0 Å². The van der Waals surface area contributed by atoms with Crippen LogP contribution < -0.4 is 0 Å². The van der Waals surface area contributed by atoms with Gasteiger partial charge in [-0.3, -0.25) is 0 Å². The number of aliphatic hydroxyl groups excluding tert-OH is 8. The molecule has 0 bridgehead atoms. The van der Waals surface area contributed by atoms with E-state index in [4.69, 9.17) is 47.4 Å². The largest absolute Gasteiger partial charge is 0.471 e. The molecule has 16 unspecified atom stereocenters. The zero-order valence-electron chi connectivity index (χ0n) is 30.6. The molecule has 20 nitrogen and oxygen atoms in total. The van der Waals surface area contributed by atoms with E-state index in [1.807, 2.05) is 0 Å². The Bertz CT molecular complexity index is 1350. The van der Waals surface area contributed by atoms with Gasteiger partial charge in [0.2, 0.25) is 12.6 Å². The second-order valence-corrected chi connectivity index (χ2v) is 13.2. The summed E-state index contributed by atoms with van der Waals surface area (Å²) >= 11 is 0. The summed E-state index contributed by atoms with van der Waals surface area (Å²) in [6, 6.07) is 0. The molecule has 55 heavy (non-hydrogen) atoms. The number of hydrogen-bond acceptors (Lipinski definition) is 20. The van der Waals surface area contributed by atoms with Crippen molar-refractivity contribution in [2.24, 2.45) is 23.7 Å². The van der Waals surface area contributed by atoms with Crippen LogP contribution in [-0.2, 0) is 57.0 Å². The molecule has 312 valence electrons. The molecule has 20 heteroatoms. The first-order valence-corrected chi connectivity index (χ1v) is 17.5. The van der Waals surface area contributed by atoms with Crippen molar-refractivity contribution in [3.8, 4) is 0 Å². The highest BCUT2D eigenvalue weighted by atomic mass is 16.8. The van der Waals surface area contributed by atoms with Gasteiger partial charge in [0.1, 0.15) is 48.8 Å². The fraction of sp³-hybridized carbons (Fsp3) is 0.714. The summed E-state index contributed by atoms with van der Waals surface area (Å²) in [6.07, 6.45) is -14.1. The van der Waals surface area contributed by atoms with Crippen molar-refractivity contribution in [3.05, 3.63) is 49.0 Å². The monoisotopic (exact) mass is 792 g/mol. The summed E-state index contributed by atoms with van der Waals surface area (Å²) < 4.78 is 55.4. The Morgan fingerprint density at radius 2 is 1.15 bits per heavy atom. The van der Waals surface area contributed by atoms with E-state index in [0.29, 0.717) is 0 Å². The second-order valence-electron chi connectivity index (χ2n) is 13.2. The molecule has 0 aromatic carbocycles. The third kappa shape index (κ3) is 9.91. The summed E-state index contributed by atoms with van der Waals surface area (Å²) in [6.45, 7) is 6.00. The maximum Gasteiger partial charge on any atom is 0.337 e. The Labute approximate surface area is 316 Å². The minimum atomic E-state index is -1.74. The number of methoxy groups -OCH3 is 3. The number of carbonyl (C=O) groups excluding carboxylic acids is 2. The first-order chi connectivity index (χ1) is 26.3. The number of ether oxygens (including phenoxy) is 10. The van der Waals surface area contributed by atoms with E-state index in [1.165, 1.54) is 26.4 Å². The number of hydrogen-bond donors (Lipinski definition) is 8. The maximum atomic E-state index is 13.7. The van der Waals surface area contributed by atoms with Crippen molar-refractivity contribution >= 4 is 11.9 Å². The maximum absolute atomic E-state index is 13.7. The highest BCUT2D eigenvalue weighted by molar-refractivity contribution is 5.89. The molecule has 4 rings (SSSR count). The predicted molar refractivity (Wildman–Crippen MR) is 180 cm³/mol. The van der Waals surface area contributed by atoms with E-state index in [9.17, 15) is 50.4 Å². The molecule has 0 radical (unpaired) electrons. The number of aliphatic hydroxyl groups is 8. The molecule has 0 aromatic heterocycles. The van der Waals surface area contributed by atoms with Crippen LogP contribution in [-0.4, -0.2) is 174 Å². The normalized spacial score (nSPS) is 39.2. The zero-order valence-corrected chi connectivity index (χ0v) is 30.6. The first-order valence-electron chi connectivity index (χ1n) is 17.5. The van der Waals surface area contributed by atoms with Gasteiger partial charge in [0.25, 0.3) is 0 Å². The van der Waals surface area contributed by atoms with Gasteiger partial charge < -0.3 is 88.2 Å². The van der Waals surface area contributed by atoms with Crippen molar-refractivity contribution < 1.29 is 97.8 Å². The van der Waals surface area contributed by atoms with E-state index in [2.05, 4.69) is 13.2 Å². The van der Waals surface area contributed by atoms with E-state index < -0.39 is 129 Å². The Hall–Kier alpha value is -3.06. The summed E-state index contributed by atoms with van der Waals surface area (Å²) in [4.78, 5) is 26.5. The fourth-order valence-corrected chi connectivity index (χ4v) is 6.86. The van der Waals surface area contributed by atoms with Gasteiger partial charge in [0, 0.05) is 44.3 Å². The van der Waals surface area contributed by atoms with Gasteiger partial charge in [-0.15, -0.1) is 13.2 Å². The van der Waals surface area contributed by atoms with Gasteiger partial charge in [0.15, 0.2) is 18.9 Å². The highest BCUT2D eigenvalue weighted by Crippen LogP contribution is 2.40. The first kappa shape index (κ1) is 44.7. The quantitative estimate of drug-likeness (QED) is 0.0415. The van der Waals surface area contributed by atoms with E-state index in [1.54, 1.807) is 0 Å². The molecule has 0 aliphatic carbocycles. The third-order valence-electron chi connectivity index (χ3n) is 10.1. The van der Waals surface area contributed by atoms with Crippen LogP contribution in [0.3, 0.4) is 0 Å². The molecule has 4 aliphatic heterocycles. The zero-order chi connectivity index (χ0) is 40.6. The predicted octanol–water partition coefficient (Wildman–Crippen LogP) is -2.95. The van der Waals surface area contributed by atoms with Gasteiger partial charge in [-0.2, -0.15) is 0 Å². The minimum absolute atomic E-state index is 0.0115. The lowest BCUT2D eigenvalue weighted by molar-refractivity contribution is -0.339. The van der Waals surface area contributed by atoms with E-state index in [-0.39, 0.29) is 30.6 Å². The fourth-order valence-electron chi connectivity index (χ4n) is 6.86. The van der Waals surface area contributed by atoms with Gasteiger partial charge in [-0.05, 0) is 6.42 Å². The molecular formula is C35H52O20. The van der Waals surface area contributed by atoms with Crippen molar-refractivity contribution in [2.75, 3.05) is 41.2 Å². The SMILES string of the molecule is C=CC1C(OC2OC(CO)C(O)C(O)C2O)OC=C(C(=O)OC)C1CCOC(=O)C1=COC(OC2OC(CO)C(O)C(O)C2O)C(C=C)C1CC(OC)OC. The molecule has 0 amide bonds. The molecular weight excluding hydrogens is 740 g/mol. The van der Waals surface area contributed by atoms with Crippen molar-refractivity contribution in [2.45, 2.75) is 93.1 Å². The summed E-state index contributed by atoms with van der Waals surface area (Å²) in [5.41, 5.74) is 0.0515. The summed E-state index contributed by atoms with van der Waals surface area (Å²) in [5, 5.41) is 81.0. The van der Waals surface area contributed by atoms with Gasteiger partial charge in [-0.1, -0.05) is 12.2 Å². The van der Waals surface area contributed by atoms with Crippen LogP contribution in [0.5, 0.6) is 0 Å². The Morgan fingerprint density at radius 1 is 0.691 bits per heavy atom. The summed E-state index contributed by atoms with van der Waals surface area (Å²) in [7, 11) is 3.95. The molecule has 16 atom stereocenters. The lowest BCUT2D eigenvalue weighted by atomic mass is 9.81. The van der Waals surface area contributed by atoms with Crippen LogP contribution in [0.15, 0.2) is 49.0 Å². The molecule has 8 N–H and O–H groups in total. The molecule has 0 spiro atoms. The average molecular weight is 793 g/mol. The van der Waals surface area contributed by atoms with Crippen LogP contribution in [0.2, 0.25) is 0 Å². The topological polar surface area (TPSA) is 288 Å². The molecule has 0 saturated carbocycles. The highest BCUT2D eigenvalue weighted by Gasteiger charge is 2.49. The number of carbonyl (C=O) groups is 2. The van der Waals surface area contributed by atoms with Crippen LogP contribution in [0.25, 0.3) is 0 Å². The molecule has 0 aromatic rings.